The van der Waals surface area contributed by atoms with Crippen molar-refractivity contribution in [1.82, 2.24) is 0 Å². The van der Waals surface area contributed by atoms with Crippen molar-refractivity contribution in [3.8, 4) is 11.1 Å². The van der Waals surface area contributed by atoms with Crippen LogP contribution in [-0.4, -0.2) is 0 Å². The molecule has 1 atom stereocenters. The van der Waals surface area contributed by atoms with Crippen LogP contribution in [0.25, 0.3) is 11.1 Å². The molecular weight excluding hydrogens is 689 g/mol. The molecule has 7 aromatic rings. The highest BCUT2D eigenvalue weighted by Gasteiger charge is 2.23. The Morgan fingerprint density at radius 2 is 0.702 bits per heavy atom. The van der Waals surface area contributed by atoms with E-state index >= 15 is 0 Å². The van der Waals surface area contributed by atoms with Gasteiger partial charge >= 0.3 is 0 Å². The minimum Gasteiger partial charge on any atom is -0.311 e. The van der Waals surface area contributed by atoms with E-state index in [1.807, 2.05) is 0 Å². The smallest absolute Gasteiger partial charge is 0.0462 e. The van der Waals surface area contributed by atoms with Crippen LogP contribution in [0.3, 0.4) is 0 Å². The molecule has 2 heteroatoms. The molecule has 0 saturated carbocycles. The topological polar surface area (TPSA) is 6.48 Å². The summed E-state index contributed by atoms with van der Waals surface area (Å²) in [5, 5.41) is 0. The first-order valence-electron chi connectivity index (χ1n) is 20.9. The van der Waals surface area contributed by atoms with E-state index in [0.29, 0.717) is 17.3 Å². The zero-order valence-electron chi connectivity index (χ0n) is 34.5. The Labute approximate surface area is 342 Å². The normalized spacial score (nSPS) is 12.0. The van der Waals surface area contributed by atoms with Crippen molar-refractivity contribution in [3.63, 3.8) is 0 Å². The Kier molecular flexibility index (Phi) is 12.7. The summed E-state index contributed by atoms with van der Waals surface area (Å²) in [6.07, 6.45) is 5.82. The Bertz CT molecular complexity index is 2200. The van der Waals surface area contributed by atoms with Crippen molar-refractivity contribution in [2.75, 3.05) is 9.80 Å². The molecular formula is C55H58N2. The van der Waals surface area contributed by atoms with Gasteiger partial charge in [-0.25, -0.2) is 0 Å². The number of aryl methyl sites for hydroxylation is 2. The third-order valence-electron chi connectivity index (χ3n) is 11.0. The highest BCUT2D eigenvalue weighted by atomic mass is 15.1. The van der Waals surface area contributed by atoms with Crippen LogP contribution in [0, 0.1) is 11.3 Å². The summed E-state index contributed by atoms with van der Waals surface area (Å²) in [5.41, 5.74) is 13.9. The van der Waals surface area contributed by atoms with E-state index in [2.05, 4.69) is 232 Å². The summed E-state index contributed by atoms with van der Waals surface area (Å²) < 4.78 is 0. The maximum Gasteiger partial charge on any atom is 0.0462 e. The number of benzene rings is 7. The monoisotopic (exact) mass is 746 g/mol. The highest BCUT2D eigenvalue weighted by molar-refractivity contribution is 5.80. The van der Waals surface area contributed by atoms with Gasteiger partial charge in [0.25, 0.3) is 0 Å². The van der Waals surface area contributed by atoms with Gasteiger partial charge in [-0.3, -0.25) is 0 Å². The van der Waals surface area contributed by atoms with Crippen molar-refractivity contribution in [3.05, 3.63) is 205 Å². The molecule has 0 heterocycles. The predicted octanol–water partition coefficient (Wildman–Crippen LogP) is 16.0. The fourth-order valence-corrected chi connectivity index (χ4v) is 8.03. The molecule has 0 N–H and O–H groups in total. The minimum absolute atomic E-state index is 0.335. The second-order valence-corrected chi connectivity index (χ2v) is 17.0. The standard InChI is InChI=1S/C55H58N2/c1-42(2)54(41-55(3,4)5)47-29-25-43(26-30-47)17-15-16-18-44-27-35-51(36-28-44)57(50-23-13-8-14-24-50)53-39-33-46(34-40-53)45-31-37-52(38-32-45)56(48-19-9-6-10-20-48)49-21-11-7-12-22-49/h6-14,19-40,42,54H,15-18,41H2,1-5H3. The summed E-state index contributed by atoms with van der Waals surface area (Å²) in [6.45, 7) is 11.8. The van der Waals surface area contributed by atoms with Gasteiger partial charge in [-0.15, -0.1) is 0 Å². The molecule has 0 fully saturated rings. The van der Waals surface area contributed by atoms with Gasteiger partial charge in [0.15, 0.2) is 0 Å². The molecule has 0 spiro atoms. The Hall–Kier alpha value is -5.86. The van der Waals surface area contributed by atoms with Gasteiger partial charge in [-0.1, -0.05) is 150 Å². The van der Waals surface area contributed by atoms with Crippen molar-refractivity contribution < 1.29 is 0 Å². The molecule has 7 rings (SSSR count). The number of para-hydroxylation sites is 3. The summed E-state index contributed by atoms with van der Waals surface area (Å²) >= 11 is 0. The molecule has 0 aromatic heterocycles. The molecule has 0 radical (unpaired) electrons. The first-order valence-corrected chi connectivity index (χ1v) is 20.9. The quantitative estimate of drug-likeness (QED) is 0.0964. The van der Waals surface area contributed by atoms with E-state index < -0.39 is 0 Å². The lowest BCUT2D eigenvalue weighted by atomic mass is 9.76. The van der Waals surface area contributed by atoms with E-state index in [1.165, 1.54) is 47.1 Å². The summed E-state index contributed by atoms with van der Waals surface area (Å²) in [6, 6.07) is 68.3. The van der Waals surface area contributed by atoms with Crippen LogP contribution in [-0.2, 0) is 12.8 Å². The van der Waals surface area contributed by atoms with E-state index in [0.717, 1.165) is 47.0 Å². The van der Waals surface area contributed by atoms with Gasteiger partial charge < -0.3 is 9.80 Å². The highest BCUT2D eigenvalue weighted by Crippen LogP contribution is 2.39. The van der Waals surface area contributed by atoms with Gasteiger partial charge in [-0.05, 0) is 150 Å². The van der Waals surface area contributed by atoms with Gasteiger partial charge in [0.05, 0.1) is 0 Å². The van der Waals surface area contributed by atoms with Crippen LogP contribution < -0.4 is 9.80 Å². The molecule has 1 unspecified atom stereocenters. The Morgan fingerprint density at radius 3 is 1.04 bits per heavy atom. The number of nitrogens with zero attached hydrogens (tertiary/aromatic N) is 2. The average molecular weight is 747 g/mol. The fourth-order valence-electron chi connectivity index (χ4n) is 8.03. The second-order valence-electron chi connectivity index (χ2n) is 17.0. The summed E-state index contributed by atoms with van der Waals surface area (Å²) in [5.74, 6) is 1.26. The molecule has 2 nitrogen and oxygen atoms in total. The summed E-state index contributed by atoms with van der Waals surface area (Å²) in [4.78, 5) is 4.65. The van der Waals surface area contributed by atoms with Crippen molar-refractivity contribution in [2.45, 2.75) is 72.6 Å². The van der Waals surface area contributed by atoms with Crippen LogP contribution in [0.4, 0.5) is 34.1 Å². The lowest BCUT2D eigenvalue weighted by molar-refractivity contribution is 0.301. The average Bonchev–Trinajstić information content (AvgIpc) is 3.24. The van der Waals surface area contributed by atoms with Crippen molar-refractivity contribution in [2.24, 2.45) is 11.3 Å². The second kappa shape index (κ2) is 18.4. The predicted molar refractivity (Wildman–Crippen MR) is 246 cm³/mol. The van der Waals surface area contributed by atoms with E-state index in [4.69, 9.17) is 0 Å². The molecule has 57 heavy (non-hydrogen) atoms. The Morgan fingerprint density at radius 1 is 0.386 bits per heavy atom. The zero-order chi connectivity index (χ0) is 39.6. The minimum atomic E-state index is 0.335. The molecule has 0 aliphatic carbocycles. The number of hydrogen-bond donors (Lipinski definition) is 0. The zero-order valence-corrected chi connectivity index (χ0v) is 34.5. The largest absolute Gasteiger partial charge is 0.311 e. The van der Waals surface area contributed by atoms with Crippen LogP contribution in [0.2, 0.25) is 0 Å². The van der Waals surface area contributed by atoms with Gasteiger partial charge in [0, 0.05) is 34.1 Å². The van der Waals surface area contributed by atoms with Crippen molar-refractivity contribution >= 4 is 34.1 Å². The molecule has 288 valence electrons. The molecule has 0 bridgehead atoms. The van der Waals surface area contributed by atoms with E-state index in [-0.39, 0.29) is 0 Å². The SMILES string of the molecule is CC(C)C(CC(C)(C)C)c1ccc(CCCCc2ccc(N(c3ccccc3)c3ccc(-c4ccc(N(c5ccccc5)c5ccccc5)cc4)cc3)cc2)cc1. The molecule has 0 saturated heterocycles. The fraction of sp³-hybridized carbons (Fsp3) is 0.236. The van der Waals surface area contributed by atoms with Gasteiger partial charge in [0.1, 0.15) is 0 Å². The number of hydrogen-bond acceptors (Lipinski definition) is 2. The maximum atomic E-state index is 2.39. The number of rotatable bonds is 15. The van der Waals surface area contributed by atoms with E-state index in [1.54, 1.807) is 0 Å². The van der Waals surface area contributed by atoms with Gasteiger partial charge in [-0.2, -0.15) is 0 Å². The summed E-state index contributed by atoms with van der Waals surface area (Å²) in [7, 11) is 0. The van der Waals surface area contributed by atoms with E-state index in [9.17, 15) is 0 Å². The first kappa shape index (κ1) is 39.4. The molecule has 0 amide bonds. The molecule has 0 aliphatic heterocycles. The van der Waals surface area contributed by atoms with Crippen LogP contribution in [0.15, 0.2) is 188 Å². The van der Waals surface area contributed by atoms with Gasteiger partial charge in [0.2, 0.25) is 0 Å². The van der Waals surface area contributed by atoms with Crippen LogP contribution in [0.5, 0.6) is 0 Å². The lowest BCUT2D eigenvalue weighted by Crippen LogP contribution is -2.16. The number of unbranched alkanes of at least 4 members (excludes halogenated alkanes) is 1. The molecule has 0 aliphatic rings. The van der Waals surface area contributed by atoms with Crippen LogP contribution in [0.1, 0.15) is 76.5 Å². The van der Waals surface area contributed by atoms with Crippen molar-refractivity contribution in [1.29, 1.82) is 0 Å². The molecule has 7 aromatic carbocycles. The third-order valence-corrected chi connectivity index (χ3v) is 11.0. The number of anilines is 6. The lowest BCUT2D eigenvalue weighted by Gasteiger charge is -2.29. The third kappa shape index (κ3) is 10.3. The maximum absolute atomic E-state index is 2.39. The first-order chi connectivity index (χ1) is 27.7. The van der Waals surface area contributed by atoms with Crippen LogP contribution >= 0.6 is 0 Å². The Balaban J connectivity index is 1.00.